The number of para-hydroxylation sites is 1. The van der Waals surface area contributed by atoms with Gasteiger partial charge in [-0.15, -0.1) is 4.91 Å². The minimum absolute atomic E-state index is 0.0129. The second-order valence-electron chi connectivity index (χ2n) is 7.89. The molecular formula is C24H23ClN8O2. The smallest absolute Gasteiger partial charge is 0.272 e. The van der Waals surface area contributed by atoms with E-state index in [1.807, 2.05) is 30.3 Å². The molecule has 1 aromatic heterocycles. The lowest BCUT2D eigenvalue weighted by Crippen LogP contribution is -2.24. The van der Waals surface area contributed by atoms with Gasteiger partial charge < -0.3 is 22.1 Å². The quantitative estimate of drug-likeness (QED) is 0.196. The topological polar surface area (TPSA) is 161 Å². The molecule has 0 radical (unpaired) electrons. The maximum Gasteiger partial charge on any atom is 0.272 e. The lowest BCUT2D eigenvalue weighted by atomic mass is 10.2. The SMILES string of the molecule is NC(/C=C(\N)C1CC1)=Nc1nc(Nc2ccccc2Cl)nc(C(=O)NCc2ccccc2)c1N=O. The lowest BCUT2D eigenvalue weighted by molar-refractivity contribution is 0.0946. The van der Waals surface area contributed by atoms with Crippen molar-refractivity contribution in [3.8, 4) is 0 Å². The molecule has 11 heteroatoms. The molecule has 0 saturated heterocycles. The molecule has 1 aliphatic rings. The van der Waals surface area contributed by atoms with Crippen LogP contribution in [0, 0.1) is 10.8 Å². The minimum Gasteiger partial charge on any atom is -0.402 e. The van der Waals surface area contributed by atoms with E-state index in [0.29, 0.717) is 16.4 Å². The van der Waals surface area contributed by atoms with Crippen LogP contribution in [0.5, 0.6) is 0 Å². The molecule has 1 fully saturated rings. The third-order valence-electron chi connectivity index (χ3n) is 5.19. The fourth-order valence-electron chi connectivity index (χ4n) is 3.22. The summed E-state index contributed by atoms with van der Waals surface area (Å²) in [6, 6.07) is 16.2. The van der Waals surface area contributed by atoms with Crippen molar-refractivity contribution in [2.45, 2.75) is 19.4 Å². The van der Waals surface area contributed by atoms with Crippen LogP contribution in [0.2, 0.25) is 5.02 Å². The molecule has 0 bridgehead atoms. The van der Waals surface area contributed by atoms with Gasteiger partial charge in [0.15, 0.2) is 17.2 Å². The molecule has 35 heavy (non-hydrogen) atoms. The molecule has 1 amide bonds. The first kappa shape index (κ1) is 23.8. The number of carbonyl (C=O) groups excluding carboxylic acids is 1. The summed E-state index contributed by atoms with van der Waals surface area (Å²) in [6.07, 6.45) is 3.49. The van der Waals surface area contributed by atoms with Gasteiger partial charge in [0, 0.05) is 12.2 Å². The van der Waals surface area contributed by atoms with Crippen molar-refractivity contribution in [1.29, 1.82) is 0 Å². The molecule has 0 unspecified atom stereocenters. The second-order valence-corrected chi connectivity index (χ2v) is 8.29. The fourth-order valence-corrected chi connectivity index (χ4v) is 3.41. The predicted octanol–water partition coefficient (Wildman–Crippen LogP) is 4.44. The standard InChI is InChI=1S/C24H23ClN8O2/c25-16-8-4-5-9-18(16)29-24-31-21(23(34)28-13-14-6-2-1-3-7-14)20(33-35)22(32-24)30-19(27)12-17(26)15-10-11-15/h1-9,12,15H,10-11,13,26H2,(H,28,34)(H3,27,29,30,31,32)/b17-12-. The Bertz CT molecular complexity index is 1310. The highest BCUT2D eigenvalue weighted by atomic mass is 35.5. The van der Waals surface area contributed by atoms with Crippen molar-refractivity contribution in [3.05, 3.63) is 87.6 Å². The van der Waals surface area contributed by atoms with Crippen molar-refractivity contribution >= 4 is 46.5 Å². The molecule has 3 aromatic rings. The van der Waals surface area contributed by atoms with Crippen LogP contribution >= 0.6 is 11.6 Å². The molecule has 0 atom stereocenters. The van der Waals surface area contributed by atoms with E-state index in [4.69, 9.17) is 23.1 Å². The van der Waals surface area contributed by atoms with Gasteiger partial charge in [-0.3, -0.25) is 4.79 Å². The predicted molar refractivity (Wildman–Crippen MR) is 136 cm³/mol. The summed E-state index contributed by atoms with van der Waals surface area (Å²) in [5.41, 5.74) is 13.4. The number of anilines is 2. The van der Waals surface area contributed by atoms with E-state index in [0.717, 1.165) is 18.4 Å². The number of carbonyl (C=O) groups is 1. The van der Waals surface area contributed by atoms with Crippen LogP contribution in [0.4, 0.5) is 23.1 Å². The first-order valence-corrected chi connectivity index (χ1v) is 11.2. The molecule has 6 N–H and O–H groups in total. The van der Waals surface area contributed by atoms with Gasteiger partial charge in [0.2, 0.25) is 5.95 Å². The van der Waals surface area contributed by atoms with Crippen molar-refractivity contribution in [1.82, 2.24) is 15.3 Å². The van der Waals surface area contributed by atoms with Crippen LogP contribution in [-0.4, -0.2) is 21.7 Å². The van der Waals surface area contributed by atoms with Crippen molar-refractivity contribution in [2.24, 2.45) is 27.6 Å². The molecule has 1 aliphatic carbocycles. The number of aliphatic imine (C=N–C) groups is 1. The van der Waals surface area contributed by atoms with Crippen molar-refractivity contribution in [2.75, 3.05) is 5.32 Å². The zero-order valence-corrected chi connectivity index (χ0v) is 19.4. The summed E-state index contributed by atoms with van der Waals surface area (Å²) in [4.78, 5) is 37.5. The van der Waals surface area contributed by atoms with E-state index in [-0.39, 0.29) is 41.4 Å². The monoisotopic (exact) mass is 490 g/mol. The van der Waals surface area contributed by atoms with Crippen LogP contribution in [0.25, 0.3) is 0 Å². The van der Waals surface area contributed by atoms with E-state index < -0.39 is 5.91 Å². The Labute approximate surface area is 206 Å². The number of halogens is 1. The Kier molecular flexibility index (Phi) is 7.32. The minimum atomic E-state index is -0.629. The van der Waals surface area contributed by atoms with Gasteiger partial charge in [0.05, 0.1) is 10.7 Å². The Morgan fingerprint density at radius 2 is 1.80 bits per heavy atom. The van der Waals surface area contributed by atoms with Gasteiger partial charge in [-0.2, -0.15) is 4.98 Å². The number of benzene rings is 2. The van der Waals surface area contributed by atoms with Crippen LogP contribution in [0.1, 0.15) is 28.9 Å². The normalized spacial score (nSPS) is 13.9. The number of aromatic nitrogens is 2. The first-order valence-electron chi connectivity index (χ1n) is 10.8. The Hall–Kier alpha value is -4.31. The van der Waals surface area contributed by atoms with E-state index >= 15 is 0 Å². The van der Waals surface area contributed by atoms with Crippen LogP contribution in [-0.2, 0) is 6.54 Å². The molecule has 0 spiro atoms. The second kappa shape index (κ2) is 10.7. The average Bonchev–Trinajstić information content (AvgIpc) is 3.70. The molecule has 2 aromatic carbocycles. The van der Waals surface area contributed by atoms with Gasteiger partial charge in [-0.05, 0) is 47.7 Å². The molecule has 10 nitrogen and oxygen atoms in total. The summed E-state index contributed by atoms with van der Waals surface area (Å²) < 4.78 is 0. The van der Waals surface area contributed by atoms with Gasteiger partial charge in [0.25, 0.3) is 5.91 Å². The summed E-state index contributed by atoms with van der Waals surface area (Å²) in [5.74, 6) is -0.518. The molecular weight excluding hydrogens is 468 g/mol. The number of hydrogen-bond acceptors (Lipinski definition) is 8. The summed E-state index contributed by atoms with van der Waals surface area (Å²) in [6.45, 7) is 0.219. The average molecular weight is 491 g/mol. The van der Waals surface area contributed by atoms with Gasteiger partial charge >= 0.3 is 0 Å². The van der Waals surface area contributed by atoms with E-state index in [1.165, 1.54) is 6.08 Å². The number of nitrogens with zero attached hydrogens (tertiary/aromatic N) is 4. The number of amidine groups is 1. The number of hydrogen-bond donors (Lipinski definition) is 4. The summed E-state index contributed by atoms with van der Waals surface area (Å²) >= 11 is 6.23. The van der Waals surface area contributed by atoms with Crippen LogP contribution in [0.15, 0.2) is 76.5 Å². The summed E-state index contributed by atoms with van der Waals surface area (Å²) in [5, 5.41) is 9.08. The van der Waals surface area contributed by atoms with E-state index in [2.05, 4.69) is 30.8 Å². The van der Waals surface area contributed by atoms with Crippen LogP contribution < -0.4 is 22.1 Å². The number of nitrogens with one attached hydrogen (secondary N) is 2. The Morgan fingerprint density at radius 3 is 2.49 bits per heavy atom. The number of allylic oxidation sites excluding steroid dienone is 1. The molecule has 4 rings (SSSR count). The zero-order chi connectivity index (χ0) is 24.8. The third kappa shape index (κ3) is 6.18. The highest BCUT2D eigenvalue weighted by Gasteiger charge is 2.25. The van der Waals surface area contributed by atoms with Crippen LogP contribution in [0.3, 0.4) is 0 Å². The number of rotatable bonds is 9. The highest BCUT2D eigenvalue weighted by Crippen LogP contribution is 2.34. The lowest BCUT2D eigenvalue weighted by Gasteiger charge is -2.11. The highest BCUT2D eigenvalue weighted by molar-refractivity contribution is 6.33. The fraction of sp³-hybridized carbons (Fsp3) is 0.167. The number of amides is 1. The maximum absolute atomic E-state index is 13.0. The maximum atomic E-state index is 13.0. The first-order chi connectivity index (χ1) is 16.9. The molecule has 1 saturated carbocycles. The number of nitroso groups, excluding NO2 is 1. The largest absolute Gasteiger partial charge is 0.402 e. The molecule has 0 aliphatic heterocycles. The number of nitrogens with two attached hydrogens (primary N) is 2. The van der Waals surface area contributed by atoms with Gasteiger partial charge in [0.1, 0.15) is 5.84 Å². The van der Waals surface area contributed by atoms with Gasteiger partial charge in [-0.1, -0.05) is 54.1 Å². The summed E-state index contributed by atoms with van der Waals surface area (Å²) in [7, 11) is 0. The molecule has 178 valence electrons. The van der Waals surface area contributed by atoms with E-state index in [9.17, 15) is 9.70 Å². The molecule has 1 heterocycles. The Morgan fingerprint density at radius 1 is 1.09 bits per heavy atom. The Balaban J connectivity index is 1.71. The van der Waals surface area contributed by atoms with Gasteiger partial charge in [-0.25, -0.2) is 9.98 Å². The van der Waals surface area contributed by atoms with Crippen molar-refractivity contribution in [3.63, 3.8) is 0 Å². The third-order valence-corrected chi connectivity index (χ3v) is 5.52. The van der Waals surface area contributed by atoms with E-state index in [1.54, 1.807) is 24.3 Å². The zero-order valence-electron chi connectivity index (χ0n) is 18.6. The van der Waals surface area contributed by atoms with Crippen molar-refractivity contribution < 1.29 is 4.79 Å².